The van der Waals surface area contributed by atoms with Gasteiger partial charge in [0.15, 0.2) is 0 Å². The van der Waals surface area contributed by atoms with Crippen LogP contribution in [0.25, 0.3) is 0 Å². The number of imide groups is 1. The fourth-order valence-electron chi connectivity index (χ4n) is 2.25. The molecule has 1 aromatic carbocycles. The van der Waals surface area contributed by atoms with Crippen LogP contribution in [0.2, 0.25) is 0 Å². The number of rotatable bonds is 8. The summed E-state index contributed by atoms with van der Waals surface area (Å²) in [5.74, 6) is -2.05. The first-order valence-electron chi connectivity index (χ1n) is 8.12. The highest BCUT2D eigenvalue weighted by Gasteiger charge is 2.15. The van der Waals surface area contributed by atoms with Gasteiger partial charge in [0.1, 0.15) is 6.61 Å². The van der Waals surface area contributed by atoms with Crippen LogP contribution in [-0.2, 0) is 35.3 Å². The van der Waals surface area contributed by atoms with Gasteiger partial charge in [-0.15, -0.1) is 0 Å². The van der Waals surface area contributed by atoms with Gasteiger partial charge < -0.3 is 9.47 Å². The van der Waals surface area contributed by atoms with E-state index in [1.807, 2.05) is 30.3 Å². The molecule has 0 bridgehead atoms. The van der Waals surface area contributed by atoms with E-state index in [9.17, 15) is 19.2 Å². The summed E-state index contributed by atoms with van der Waals surface area (Å²) in [6.45, 7) is 0.246. The Morgan fingerprint density at radius 1 is 1.04 bits per heavy atom. The lowest BCUT2D eigenvalue weighted by Crippen LogP contribution is -2.32. The number of hydrogen-bond donors (Lipinski definition) is 1. The summed E-state index contributed by atoms with van der Waals surface area (Å²) in [5, 5.41) is 2.17. The molecule has 26 heavy (non-hydrogen) atoms. The maximum absolute atomic E-state index is 11.5. The minimum Gasteiger partial charge on any atom is -0.463 e. The van der Waals surface area contributed by atoms with Crippen molar-refractivity contribution in [3.05, 3.63) is 59.7 Å². The molecule has 0 fully saturated rings. The fraction of sp³-hybridized carbons (Fsp3) is 0.263. The maximum atomic E-state index is 11.5. The van der Waals surface area contributed by atoms with Crippen molar-refractivity contribution in [1.82, 2.24) is 5.32 Å². The lowest BCUT2D eigenvalue weighted by atomic mass is 10.0. The number of ether oxygens (including phenoxy) is 2. The highest BCUT2D eigenvalue weighted by Crippen LogP contribution is 2.13. The van der Waals surface area contributed by atoms with Gasteiger partial charge in [0.05, 0.1) is 6.61 Å². The van der Waals surface area contributed by atoms with Crippen molar-refractivity contribution in [3.63, 3.8) is 0 Å². The van der Waals surface area contributed by atoms with E-state index in [1.54, 1.807) is 0 Å². The van der Waals surface area contributed by atoms with Crippen LogP contribution < -0.4 is 5.32 Å². The summed E-state index contributed by atoms with van der Waals surface area (Å²) < 4.78 is 9.95. The van der Waals surface area contributed by atoms with Crippen LogP contribution in [-0.4, -0.2) is 30.4 Å². The molecule has 0 saturated carbocycles. The summed E-state index contributed by atoms with van der Waals surface area (Å²) in [4.78, 5) is 45.4. The van der Waals surface area contributed by atoms with E-state index < -0.39 is 17.8 Å². The first kappa shape index (κ1) is 19.1. The summed E-state index contributed by atoms with van der Waals surface area (Å²) in [6, 6.07) is 9.18. The van der Waals surface area contributed by atoms with Crippen LogP contribution in [0.4, 0.5) is 0 Å². The Balaban J connectivity index is 1.62. The Hall–Kier alpha value is -3.22. The minimum absolute atomic E-state index is 0.120. The van der Waals surface area contributed by atoms with E-state index in [0.717, 1.165) is 17.7 Å². The van der Waals surface area contributed by atoms with E-state index in [1.165, 1.54) is 6.08 Å². The number of carbonyl (C=O) groups excluding carboxylic acids is 4. The SMILES string of the molecule is O=C1C=C(CCCOC(=O)/C=C/C(=O)OCc2ccccc2)CC(=O)N1. The molecule has 2 rings (SSSR count). The van der Waals surface area contributed by atoms with E-state index in [0.29, 0.717) is 18.4 Å². The maximum Gasteiger partial charge on any atom is 0.331 e. The zero-order valence-electron chi connectivity index (χ0n) is 14.1. The zero-order valence-corrected chi connectivity index (χ0v) is 14.1. The van der Waals surface area contributed by atoms with Gasteiger partial charge in [0.2, 0.25) is 5.91 Å². The van der Waals surface area contributed by atoms with Gasteiger partial charge in [-0.05, 0) is 18.4 Å². The van der Waals surface area contributed by atoms with Crippen LogP contribution in [0.15, 0.2) is 54.1 Å². The second-order valence-electron chi connectivity index (χ2n) is 5.59. The van der Waals surface area contributed by atoms with E-state index in [-0.39, 0.29) is 25.5 Å². The lowest BCUT2D eigenvalue weighted by molar-refractivity contribution is -0.141. The van der Waals surface area contributed by atoms with Gasteiger partial charge in [-0.2, -0.15) is 0 Å². The second-order valence-corrected chi connectivity index (χ2v) is 5.59. The predicted octanol–water partition coefficient (Wildman–Crippen LogP) is 1.58. The summed E-state index contributed by atoms with van der Waals surface area (Å²) >= 11 is 0. The number of nitrogens with one attached hydrogen (secondary N) is 1. The monoisotopic (exact) mass is 357 g/mol. The Kier molecular flexibility index (Phi) is 7.30. The Labute approximate surface area is 150 Å². The molecular formula is C19H19NO6. The van der Waals surface area contributed by atoms with E-state index in [2.05, 4.69) is 5.32 Å². The molecule has 1 aliphatic rings. The van der Waals surface area contributed by atoms with Crippen molar-refractivity contribution < 1.29 is 28.7 Å². The first-order valence-corrected chi connectivity index (χ1v) is 8.12. The quantitative estimate of drug-likeness (QED) is 0.328. The van der Waals surface area contributed by atoms with Gasteiger partial charge in [-0.25, -0.2) is 9.59 Å². The van der Waals surface area contributed by atoms with Gasteiger partial charge in [0, 0.05) is 24.6 Å². The third kappa shape index (κ3) is 7.12. The van der Waals surface area contributed by atoms with Crippen molar-refractivity contribution in [1.29, 1.82) is 0 Å². The molecular weight excluding hydrogens is 338 g/mol. The average molecular weight is 357 g/mol. The molecule has 0 spiro atoms. The van der Waals surface area contributed by atoms with Crippen molar-refractivity contribution in [2.45, 2.75) is 25.9 Å². The summed E-state index contributed by atoms with van der Waals surface area (Å²) in [7, 11) is 0. The number of carbonyl (C=O) groups is 4. The summed E-state index contributed by atoms with van der Waals surface area (Å²) in [5.41, 5.74) is 1.55. The fourth-order valence-corrected chi connectivity index (χ4v) is 2.25. The Bertz CT molecular complexity index is 736. The second kappa shape index (κ2) is 9.93. The lowest BCUT2D eigenvalue weighted by Gasteiger charge is -2.12. The molecule has 1 heterocycles. The molecule has 1 aromatic rings. The van der Waals surface area contributed by atoms with Crippen LogP contribution in [0.5, 0.6) is 0 Å². The highest BCUT2D eigenvalue weighted by atomic mass is 16.5. The van der Waals surface area contributed by atoms with Gasteiger partial charge in [-0.3, -0.25) is 14.9 Å². The third-order valence-electron chi connectivity index (χ3n) is 3.45. The summed E-state index contributed by atoms with van der Waals surface area (Å²) in [6.07, 6.45) is 4.53. The smallest absolute Gasteiger partial charge is 0.331 e. The number of esters is 2. The van der Waals surface area contributed by atoms with Gasteiger partial charge in [-0.1, -0.05) is 35.9 Å². The first-order chi connectivity index (χ1) is 12.5. The Morgan fingerprint density at radius 2 is 1.73 bits per heavy atom. The zero-order chi connectivity index (χ0) is 18.8. The molecule has 0 radical (unpaired) electrons. The van der Waals surface area contributed by atoms with Crippen LogP contribution in [0.1, 0.15) is 24.8 Å². The molecule has 0 atom stereocenters. The third-order valence-corrected chi connectivity index (χ3v) is 3.45. The molecule has 2 amide bonds. The predicted molar refractivity (Wildman–Crippen MR) is 91.4 cm³/mol. The number of amides is 2. The molecule has 0 aliphatic carbocycles. The largest absolute Gasteiger partial charge is 0.463 e. The van der Waals surface area contributed by atoms with Crippen molar-refractivity contribution in [2.24, 2.45) is 0 Å². The van der Waals surface area contributed by atoms with Crippen molar-refractivity contribution in [3.8, 4) is 0 Å². The minimum atomic E-state index is -0.659. The van der Waals surface area contributed by atoms with E-state index in [4.69, 9.17) is 9.47 Å². The molecule has 7 heteroatoms. The topological polar surface area (TPSA) is 98.8 Å². The molecule has 7 nitrogen and oxygen atoms in total. The molecule has 0 saturated heterocycles. The molecule has 0 aromatic heterocycles. The number of benzene rings is 1. The Morgan fingerprint density at radius 3 is 2.42 bits per heavy atom. The van der Waals surface area contributed by atoms with Gasteiger partial charge >= 0.3 is 11.9 Å². The van der Waals surface area contributed by atoms with Crippen molar-refractivity contribution in [2.75, 3.05) is 6.61 Å². The standard InChI is InChI=1S/C19H19NO6/c21-16-11-15(12-17(22)20-16)7-4-10-25-18(23)8-9-19(24)26-13-14-5-2-1-3-6-14/h1-3,5-6,8-9,11H,4,7,10,12-13H2,(H,20,21,22)/b9-8+. The number of hydrogen-bond acceptors (Lipinski definition) is 6. The van der Waals surface area contributed by atoms with Crippen LogP contribution >= 0.6 is 0 Å². The molecule has 1 aliphatic heterocycles. The van der Waals surface area contributed by atoms with Crippen molar-refractivity contribution >= 4 is 23.8 Å². The van der Waals surface area contributed by atoms with Crippen LogP contribution in [0, 0.1) is 0 Å². The normalized spacial score (nSPS) is 13.9. The van der Waals surface area contributed by atoms with Gasteiger partial charge in [0.25, 0.3) is 5.91 Å². The molecule has 136 valence electrons. The van der Waals surface area contributed by atoms with Crippen LogP contribution in [0.3, 0.4) is 0 Å². The molecule has 1 N–H and O–H groups in total. The average Bonchev–Trinajstić information content (AvgIpc) is 2.62. The molecule has 0 unspecified atom stereocenters. The van der Waals surface area contributed by atoms with E-state index >= 15 is 0 Å². The highest BCUT2D eigenvalue weighted by molar-refractivity contribution is 6.05.